The summed E-state index contributed by atoms with van der Waals surface area (Å²) >= 11 is 5.71. The van der Waals surface area contributed by atoms with Crippen LogP contribution in [0.5, 0.6) is 0 Å². The smallest absolute Gasteiger partial charge is 0.129 e. The van der Waals surface area contributed by atoms with E-state index in [4.69, 9.17) is 11.6 Å². The van der Waals surface area contributed by atoms with E-state index < -0.39 is 0 Å². The van der Waals surface area contributed by atoms with Crippen molar-refractivity contribution in [2.45, 2.75) is 33.7 Å². The second-order valence-electron chi connectivity index (χ2n) is 3.39. The first kappa shape index (κ1) is 13.7. The average molecular weight is 252 g/mol. The molecular formula is C13H18ClN3. The van der Waals surface area contributed by atoms with E-state index in [1.54, 1.807) is 12.3 Å². The van der Waals surface area contributed by atoms with Crippen molar-refractivity contribution in [3.05, 3.63) is 47.0 Å². The van der Waals surface area contributed by atoms with Gasteiger partial charge in [0.15, 0.2) is 0 Å². The maximum atomic E-state index is 5.71. The highest BCUT2D eigenvalue weighted by molar-refractivity contribution is 6.29. The maximum absolute atomic E-state index is 5.71. The van der Waals surface area contributed by atoms with Crippen LogP contribution in [0.25, 0.3) is 0 Å². The van der Waals surface area contributed by atoms with Gasteiger partial charge in [-0.05, 0) is 23.6 Å². The Kier molecular flexibility index (Phi) is 5.70. The van der Waals surface area contributed by atoms with Gasteiger partial charge in [-0.1, -0.05) is 38.4 Å². The Hall–Kier alpha value is -1.35. The number of hydrogen-bond acceptors (Lipinski definition) is 2. The van der Waals surface area contributed by atoms with Crippen LogP contribution >= 0.6 is 11.6 Å². The molecule has 0 atom stereocenters. The second kappa shape index (κ2) is 7.07. The van der Waals surface area contributed by atoms with E-state index in [0.717, 1.165) is 18.5 Å². The molecule has 0 aromatic carbocycles. The van der Waals surface area contributed by atoms with Crippen LogP contribution in [0.2, 0.25) is 5.15 Å². The highest BCUT2D eigenvalue weighted by atomic mass is 35.5. The molecule has 0 aliphatic carbocycles. The number of aromatic nitrogens is 3. The lowest BCUT2D eigenvalue weighted by molar-refractivity contribution is 0.684. The fourth-order valence-electron chi connectivity index (χ4n) is 1.36. The lowest BCUT2D eigenvalue weighted by Crippen LogP contribution is -2.00. The van der Waals surface area contributed by atoms with Crippen molar-refractivity contribution in [2.75, 3.05) is 0 Å². The standard InChI is InChI=1S/C11H12ClN3.C2H6/c1-2-9-6-14-15(7-9)8-10-3-4-11(12)13-5-10;1-2/h3-7H,2,8H2,1H3;1-2H3. The van der Waals surface area contributed by atoms with E-state index in [2.05, 4.69) is 23.2 Å². The summed E-state index contributed by atoms with van der Waals surface area (Å²) in [5, 5.41) is 4.78. The second-order valence-corrected chi connectivity index (χ2v) is 3.78. The van der Waals surface area contributed by atoms with Crippen molar-refractivity contribution in [1.82, 2.24) is 14.8 Å². The van der Waals surface area contributed by atoms with E-state index in [9.17, 15) is 0 Å². The van der Waals surface area contributed by atoms with Crippen LogP contribution in [0.1, 0.15) is 31.9 Å². The third-order valence-electron chi connectivity index (χ3n) is 2.23. The van der Waals surface area contributed by atoms with Crippen LogP contribution in [-0.2, 0) is 13.0 Å². The molecule has 2 aromatic heterocycles. The Morgan fingerprint density at radius 1 is 1.18 bits per heavy atom. The third-order valence-corrected chi connectivity index (χ3v) is 2.45. The quantitative estimate of drug-likeness (QED) is 0.781. The molecule has 0 aliphatic rings. The topological polar surface area (TPSA) is 30.7 Å². The predicted molar refractivity (Wildman–Crippen MR) is 71.3 cm³/mol. The van der Waals surface area contributed by atoms with Gasteiger partial charge < -0.3 is 0 Å². The summed E-state index contributed by atoms with van der Waals surface area (Å²) in [6.45, 7) is 6.86. The number of aryl methyl sites for hydroxylation is 1. The molecule has 0 N–H and O–H groups in total. The van der Waals surface area contributed by atoms with Crippen LogP contribution in [0.4, 0.5) is 0 Å². The van der Waals surface area contributed by atoms with Crippen LogP contribution in [0.15, 0.2) is 30.7 Å². The van der Waals surface area contributed by atoms with Gasteiger partial charge in [0.1, 0.15) is 5.15 Å². The molecule has 0 saturated heterocycles. The highest BCUT2D eigenvalue weighted by Crippen LogP contribution is 2.07. The van der Waals surface area contributed by atoms with Gasteiger partial charge in [0, 0.05) is 12.4 Å². The molecule has 17 heavy (non-hydrogen) atoms. The maximum Gasteiger partial charge on any atom is 0.129 e. The molecule has 92 valence electrons. The van der Waals surface area contributed by atoms with Gasteiger partial charge >= 0.3 is 0 Å². The molecule has 0 unspecified atom stereocenters. The summed E-state index contributed by atoms with van der Waals surface area (Å²) in [6, 6.07) is 3.75. The third kappa shape index (κ3) is 4.19. The molecule has 0 bridgehead atoms. The first-order valence-corrected chi connectivity index (χ1v) is 6.27. The van der Waals surface area contributed by atoms with Crippen molar-refractivity contribution >= 4 is 11.6 Å². The van der Waals surface area contributed by atoms with Gasteiger partial charge in [-0.3, -0.25) is 4.68 Å². The molecular weight excluding hydrogens is 234 g/mol. The van der Waals surface area contributed by atoms with E-state index in [1.807, 2.05) is 30.8 Å². The number of rotatable bonds is 3. The lowest BCUT2D eigenvalue weighted by atomic mass is 10.3. The molecule has 2 rings (SSSR count). The SMILES string of the molecule is CC.CCc1cnn(Cc2ccc(Cl)nc2)c1. The molecule has 0 spiro atoms. The van der Waals surface area contributed by atoms with E-state index in [1.165, 1.54) is 5.56 Å². The minimum Gasteiger partial charge on any atom is -0.268 e. The predicted octanol–water partition coefficient (Wildman–Crippen LogP) is 3.57. The summed E-state index contributed by atoms with van der Waals surface area (Å²) in [7, 11) is 0. The van der Waals surface area contributed by atoms with Gasteiger partial charge in [-0.15, -0.1) is 0 Å². The summed E-state index contributed by atoms with van der Waals surface area (Å²) in [4.78, 5) is 4.03. The minimum absolute atomic E-state index is 0.522. The van der Waals surface area contributed by atoms with Gasteiger partial charge in [0.2, 0.25) is 0 Å². The summed E-state index contributed by atoms with van der Waals surface area (Å²) in [5.74, 6) is 0. The first-order chi connectivity index (χ1) is 8.28. The molecule has 0 aliphatic heterocycles. The Morgan fingerprint density at radius 3 is 2.47 bits per heavy atom. The summed E-state index contributed by atoms with van der Waals surface area (Å²) in [5.41, 5.74) is 2.35. The Morgan fingerprint density at radius 2 is 1.94 bits per heavy atom. The van der Waals surface area contributed by atoms with E-state index >= 15 is 0 Å². The number of pyridine rings is 1. The van der Waals surface area contributed by atoms with Gasteiger partial charge in [-0.25, -0.2) is 4.98 Å². The van der Waals surface area contributed by atoms with Crippen molar-refractivity contribution in [2.24, 2.45) is 0 Å². The monoisotopic (exact) mass is 251 g/mol. The highest BCUT2D eigenvalue weighted by Gasteiger charge is 1.98. The van der Waals surface area contributed by atoms with Gasteiger partial charge in [0.05, 0.1) is 12.7 Å². The van der Waals surface area contributed by atoms with E-state index in [-0.39, 0.29) is 0 Å². The minimum atomic E-state index is 0.522. The molecule has 0 saturated carbocycles. The molecule has 2 aromatic rings. The van der Waals surface area contributed by atoms with Crippen LogP contribution in [0, 0.1) is 0 Å². The molecule has 4 heteroatoms. The lowest BCUT2D eigenvalue weighted by Gasteiger charge is -2.00. The molecule has 0 radical (unpaired) electrons. The number of hydrogen-bond donors (Lipinski definition) is 0. The van der Waals surface area contributed by atoms with Crippen LogP contribution in [0.3, 0.4) is 0 Å². The Labute approximate surface area is 107 Å². The average Bonchev–Trinajstić information content (AvgIpc) is 2.82. The Bertz CT molecular complexity index is 434. The van der Waals surface area contributed by atoms with Crippen molar-refractivity contribution in [3.63, 3.8) is 0 Å². The fourth-order valence-corrected chi connectivity index (χ4v) is 1.47. The van der Waals surface area contributed by atoms with E-state index in [0.29, 0.717) is 5.15 Å². The van der Waals surface area contributed by atoms with Gasteiger partial charge in [0.25, 0.3) is 0 Å². The van der Waals surface area contributed by atoms with Crippen LogP contribution < -0.4 is 0 Å². The molecule has 3 nitrogen and oxygen atoms in total. The van der Waals surface area contributed by atoms with Crippen LogP contribution in [-0.4, -0.2) is 14.8 Å². The molecule has 0 fully saturated rings. The summed E-state index contributed by atoms with van der Waals surface area (Å²) < 4.78 is 1.91. The van der Waals surface area contributed by atoms with Crippen molar-refractivity contribution in [3.8, 4) is 0 Å². The zero-order valence-corrected chi connectivity index (χ0v) is 11.3. The normalized spacial score (nSPS) is 9.65. The number of halogens is 1. The molecule has 0 amide bonds. The number of nitrogens with zero attached hydrogens (tertiary/aromatic N) is 3. The summed E-state index contributed by atoms with van der Waals surface area (Å²) in [6.07, 6.45) is 6.73. The van der Waals surface area contributed by atoms with Crippen molar-refractivity contribution < 1.29 is 0 Å². The van der Waals surface area contributed by atoms with Crippen molar-refractivity contribution in [1.29, 1.82) is 0 Å². The zero-order chi connectivity index (χ0) is 12.7. The first-order valence-electron chi connectivity index (χ1n) is 5.89. The molecule has 2 heterocycles. The zero-order valence-electron chi connectivity index (χ0n) is 10.5. The van der Waals surface area contributed by atoms with Gasteiger partial charge in [-0.2, -0.15) is 5.10 Å². The Balaban J connectivity index is 0.000000686. The fraction of sp³-hybridized carbons (Fsp3) is 0.385. The largest absolute Gasteiger partial charge is 0.268 e.